The molecule has 1 spiro atoms. The van der Waals surface area contributed by atoms with Crippen molar-refractivity contribution in [2.45, 2.75) is 95.1 Å². The number of ether oxygens (including phenoxy) is 3. The minimum atomic E-state index is -1.25. The molecule has 4 N–H and O–H groups in total. The standard InChI is InChI=1S/C31H41N3O9/c1-16(2)14-20(33-18(4)35)28(38)32-12-9-24(37)41-17(3)29(39)42-22-8-10-31(40)23-15-19-6-7-21(36)26-25(19)30(31,27(22)43-26)11-13-34(23)5/h6-8,16-17,20,23,27,36,40H,9-15H2,1-5H3,(H,32,38)(H,33,35)/t17-,20-,23-,27-,30-,31+/m0/s1. The van der Waals surface area contributed by atoms with Crippen LogP contribution in [0.1, 0.15) is 64.5 Å². The number of aliphatic hydroxyl groups is 1. The molecular formula is C31H41N3O9. The summed E-state index contributed by atoms with van der Waals surface area (Å²) in [6.07, 6.45) is 1.20. The SMILES string of the molecule is CC(=O)N[C@@H](CC(C)C)C(=O)NCCC(=O)O[C@@H](C)C(=O)OC1=CC[C@@]2(O)[C@@H]3Cc4ccc(O)c5c4[C@@]2(CCN3C)[C@H]1O5. The lowest BCUT2D eigenvalue weighted by molar-refractivity contribution is -0.175. The molecule has 6 atom stereocenters. The van der Waals surface area contributed by atoms with Gasteiger partial charge < -0.3 is 40.0 Å². The summed E-state index contributed by atoms with van der Waals surface area (Å²) >= 11 is 0. The van der Waals surface area contributed by atoms with Crippen LogP contribution in [0.2, 0.25) is 0 Å². The van der Waals surface area contributed by atoms with Gasteiger partial charge in [0.05, 0.1) is 17.4 Å². The van der Waals surface area contributed by atoms with E-state index in [1.807, 2.05) is 27.0 Å². The van der Waals surface area contributed by atoms with Gasteiger partial charge in [-0.25, -0.2) is 4.79 Å². The van der Waals surface area contributed by atoms with Crippen LogP contribution in [0.4, 0.5) is 0 Å². The first kappa shape index (κ1) is 30.8. The van der Waals surface area contributed by atoms with Crippen LogP contribution >= 0.6 is 0 Å². The third-order valence-electron chi connectivity index (χ3n) is 9.24. The maximum Gasteiger partial charge on any atom is 0.352 e. The lowest BCUT2D eigenvalue weighted by atomic mass is 9.50. The molecule has 5 rings (SSSR count). The molecule has 43 heavy (non-hydrogen) atoms. The number of benzene rings is 1. The Hall–Kier alpha value is -3.64. The third-order valence-corrected chi connectivity index (χ3v) is 9.24. The molecule has 0 radical (unpaired) electrons. The van der Waals surface area contributed by atoms with E-state index in [0.29, 0.717) is 31.6 Å². The number of carbonyl (C=O) groups is 4. The van der Waals surface area contributed by atoms with Crippen molar-refractivity contribution >= 4 is 23.8 Å². The number of phenolic OH excluding ortho intramolecular Hbond substituents is 1. The molecule has 2 heterocycles. The van der Waals surface area contributed by atoms with Crippen LogP contribution in [-0.2, 0) is 40.5 Å². The molecule has 1 fully saturated rings. The number of hydrogen-bond donors (Lipinski definition) is 4. The maximum atomic E-state index is 13.1. The van der Waals surface area contributed by atoms with Gasteiger partial charge >= 0.3 is 11.9 Å². The molecule has 1 aromatic carbocycles. The molecule has 2 aliphatic carbocycles. The van der Waals surface area contributed by atoms with E-state index in [2.05, 4.69) is 15.5 Å². The van der Waals surface area contributed by atoms with Crippen molar-refractivity contribution in [2.24, 2.45) is 5.92 Å². The number of hydrogen-bond acceptors (Lipinski definition) is 10. The summed E-state index contributed by atoms with van der Waals surface area (Å²) < 4.78 is 17.3. The molecule has 2 bridgehead atoms. The van der Waals surface area contributed by atoms with Gasteiger partial charge in [0.1, 0.15) is 11.8 Å². The number of likely N-dealkylation sites (N-methyl/N-ethyl adjacent to an activating group) is 1. The molecule has 1 aromatic rings. The van der Waals surface area contributed by atoms with Gasteiger partial charge in [-0.3, -0.25) is 14.4 Å². The number of amides is 2. The molecule has 12 nitrogen and oxygen atoms in total. The number of piperidine rings is 1. The lowest BCUT2D eigenvalue weighted by Gasteiger charge is -2.61. The summed E-state index contributed by atoms with van der Waals surface area (Å²) in [5.74, 6) is -1.59. The third kappa shape index (κ3) is 5.24. The van der Waals surface area contributed by atoms with Crippen molar-refractivity contribution in [1.82, 2.24) is 15.5 Å². The first-order chi connectivity index (χ1) is 20.3. The summed E-state index contributed by atoms with van der Waals surface area (Å²) in [6.45, 7) is 7.25. The lowest BCUT2D eigenvalue weighted by Crippen LogP contribution is -2.74. The van der Waals surface area contributed by atoms with Crippen LogP contribution in [0.3, 0.4) is 0 Å². The van der Waals surface area contributed by atoms with Crippen molar-refractivity contribution < 1.29 is 43.6 Å². The van der Waals surface area contributed by atoms with Crippen LogP contribution in [0.25, 0.3) is 0 Å². The molecule has 2 amide bonds. The second-order valence-electron chi connectivity index (χ2n) is 12.6. The largest absolute Gasteiger partial charge is 0.504 e. The fraction of sp³-hybridized carbons (Fsp3) is 0.613. The van der Waals surface area contributed by atoms with Gasteiger partial charge in [-0.05, 0) is 63.4 Å². The zero-order valence-corrected chi connectivity index (χ0v) is 25.3. The normalized spacial score (nSPS) is 28.1. The summed E-state index contributed by atoms with van der Waals surface area (Å²) in [5.41, 5.74) is -0.324. The van der Waals surface area contributed by atoms with E-state index in [0.717, 1.165) is 11.1 Å². The summed E-state index contributed by atoms with van der Waals surface area (Å²) in [6, 6.07) is 2.56. The number of esters is 2. The van der Waals surface area contributed by atoms with Crippen LogP contribution < -0.4 is 15.4 Å². The molecule has 2 aliphatic heterocycles. The van der Waals surface area contributed by atoms with E-state index in [1.165, 1.54) is 13.8 Å². The Kier molecular flexibility index (Phi) is 8.21. The van der Waals surface area contributed by atoms with E-state index < -0.39 is 47.1 Å². The zero-order valence-electron chi connectivity index (χ0n) is 25.3. The molecule has 0 saturated carbocycles. The Balaban J connectivity index is 1.22. The van der Waals surface area contributed by atoms with Crippen LogP contribution in [0.15, 0.2) is 24.0 Å². The van der Waals surface area contributed by atoms with E-state index in [4.69, 9.17) is 14.2 Å². The average Bonchev–Trinajstić information content (AvgIpc) is 3.29. The highest BCUT2D eigenvalue weighted by Crippen LogP contribution is 2.65. The molecule has 1 saturated heterocycles. The predicted molar refractivity (Wildman–Crippen MR) is 153 cm³/mol. The fourth-order valence-electron chi connectivity index (χ4n) is 7.30. The molecule has 0 aromatic heterocycles. The van der Waals surface area contributed by atoms with Crippen LogP contribution in [0.5, 0.6) is 11.5 Å². The topological polar surface area (TPSA) is 164 Å². The maximum absolute atomic E-state index is 13.1. The highest BCUT2D eigenvalue weighted by molar-refractivity contribution is 5.87. The van der Waals surface area contributed by atoms with Gasteiger partial charge in [-0.2, -0.15) is 0 Å². The van der Waals surface area contributed by atoms with Gasteiger partial charge in [-0.1, -0.05) is 19.9 Å². The van der Waals surface area contributed by atoms with E-state index in [9.17, 15) is 29.4 Å². The number of phenols is 1. The average molecular weight is 600 g/mol. The minimum Gasteiger partial charge on any atom is -0.504 e. The van der Waals surface area contributed by atoms with Gasteiger partial charge in [0.15, 0.2) is 23.7 Å². The zero-order chi connectivity index (χ0) is 31.3. The number of aromatic hydroxyl groups is 1. The number of likely N-dealkylation sites (tertiary alicyclic amines) is 1. The highest BCUT2D eigenvalue weighted by atomic mass is 16.6. The van der Waals surface area contributed by atoms with E-state index in [-0.39, 0.29) is 48.8 Å². The van der Waals surface area contributed by atoms with Gasteiger partial charge in [0.25, 0.3) is 0 Å². The van der Waals surface area contributed by atoms with Crippen molar-refractivity contribution in [2.75, 3.05) is 20.1 Å². The Bertz CT molecular complexity index is 1360. The minimum absolute atomic E-state index is 0.0323. The smallest absolute Gasteiger partial charge is 0.352 e. The molecular weight excluding hydrogens is 558 g/mol. The summed E-state index contributed by atoms with van der Waals surface area (Å²) in [4.78, 5) is 51.7. The van der Waals surface area contributed by atoms with Crippen molar-refractivity contribution in [1.29, 1.82) is 0 Å². The monoisotopic (exact) mass is 599 g/mol. The van der Waals surface area contributed by atoms with Crippen LogP contribution in [0, 0.1) is 5.92 Å². The molecule has 0 unspecified atom stereocenters. The fourth-order valence-corrected chi connectivity index (χ4v) is 7.30. The van der Waals surface area contributed by atoms with Gasteiger partial charge in [-0.15, -0.1) is 0 Å². The molecule has 234 valence electrons. The number of nitrogens with one attached hydrogen (secondary N) is 2. The first-order valence-corrected chi connectivity index (χ1v) is 14.9. The first-order valence-electron chi connectivity index (χ1n) is 14.9. The second-order valence-corrected chi connectivity index (χ2v) is 12.6. The number of nitrogens with zero attached hydrogens (tertiary/aromatic N) is 1. The van der Waals surface area contributed by atoms with E-state index >= 15 is 0 Å². The Morgan fingerprint density at radius 1 is 1.21 bits per heavy atom. The summed E-state index contributed by atoms with van der Waals surface area (Å²) in [5, 5.41) is 28.1. The molecule has 4 aliphatic rings. The molecule has 12 heteroatoms. The van der Waals surface area contributed by atoms with Crippen LogP contribution in [-0.4, -0.2) is 88.9 Å². The van der Waals surface area contributed by atoms with Gasteiger partial charge in [0.2, 0.25) is 11.8 Å². The number of rotatable bonds is 10. The summed E-state index contributed by atoms with van der Waals surface area (Å²) in [7, 11) is 1.99. The number of carbonyl (C=O) groups excluding carboxylic acids is 4. The van der Waals surface area contributed by atoms with Crippen molar-refractivity contribution in [3.05, 3.63) is 35.1 Å². The highest BCUT2D eigenvalue weighted by Gasteiger charge is 2.72. The predicted octanol–water partition coefficient (Wildman–Crippen LogP) is 1.20. The van der Waals surface area contributed by atoms with Crippen molar-refractivity contribution in [3.8, 4) is 11.5 Å². The quantitative estimate of drug-likeness (QED) is 0.287. The van der Waals surface area contributed by atoms with Crippen molar-refractivity contribution in [3.63, 3.8) is 0 Å². The Labute approximate surface area is 250 Å². The van der Waals surface area contributed by atoms with E-state index in [1.54, 1.807) is 12.1 Å². The Morgan fingerprint density at radius 3 is 2.65 bits per heavy atom. The van der Waals surface area contributed by atoms with Gasteiger partial charge in [0, 0.05) is 31.5 Å². The second kappa shape index (κ2) is 11.5. The Morgan fingerprint density at radius 2 is 1.95 bits per heavy atom.